The molecule has 6 N–H and O–H groups in total. The Morgan fingerprint density at radius 3 is 2.94 bits per heavy atom. The highest BCUT2D eigenvalue weighted by Crippen LogP contribution is 2.28. The molecule has 0 bridgehead atoms. The van der Waals surface area contributed by atoms with E-state index in [0.717, 1.165) is 6.42 Å². The molecule has 2 rings (SSSR count). The van der Waals surface area contributed by atoms with E-state index < -0.39 is 0 Å². The molecule has 0 saturated carbocycles. The summed E-state index contributed by atoms with van der Waals surface area (Å²) in [6.45, 7) is 0.0961. The van der Waals surface area contributed by atoms with E-state index in [9.17, 15) is 5.11 Å². The smallest absolute Gasteiger partial charge is 0.223 e. The van der Waals surface area contributed by atoms with Gasteiger partial charge < -0.3 is 21.9 Å². The second-order valence-electron chi connectivity index (χ2n) is 3.91. The van der Waals surface area contributed by atoms with Crippen molar-refractivity contribution in [2.45, 2.75) is 12.5 Å². The van der Waals surface area contributed by atoms with Gasteiger partial charge in [0.05, 0.1) is 6.04 Å². The summed E-state index contributed by atoms with van der Waals surface area (Å²) in [6.07, 6.45) is 4.79. The molecular weight excluding hydrogens is 242 g/mol. The van der Waals surface area contributed by atoms with E-state index in [2.05, 4.69) is 15.3 Å². The molecule has 1 aliphatic carbocycles. The Balaban J connectivity index is 2.21. The van der Waals surface area contributed by atoms with Crippen molar-refractivity contribution in [3.05, 3.63) is 17.3 Å². The lowest BCUT2D eigenvalue weighted by Crippen LogP contribution is -2.27. The number of aromatic nitrogens is 2. The Morgan fingerprint density at radius 1 is 1.47 bits per heavy atom. The van der Waals surface area contributed by atoms with Gasteiger partial charge in [-0.2, -0.15) is 9.97 Å². The molecule has 1 aliphatic rings. The Kier molecular flexibility index (Phi) is 3.35. The number of allylic oxidation sites excluding steroid dienone is 1. The summed E-state index contributed by atoms with van der Waals surface area (Å²) in [6, 6.07) is -0.0207. The summed E-state index contributed by atoms with van der Waals surface area (Å²) in [7, 11) is 0. The Bertz CT molecular complexity index is 451. The minimum Gasteiger partial charge on any atom is -0.396 e. The van der Waals surface area contributed by atoms with Gasteiger partial charge in [-0.05, 0) is 6.42 Å². The minimum atomic E-state index is -0.0207. The van der Waals surface area contributed by atoms with Crippen LogP contribution >= 0.6 is 11.6 Å². The van der Waals surface area contributed by atoms with E-state index in [1.165, 1.54) is 0 Å². The maximum Gasteiger partial charge on any atom is 0.223 e. The molecule has 0 aromatic carbocycles. The zero-order chi connectivity index (χ0) is 12.4. The molecular formula is C10H14ClN5O. The monoisotopic (exact) mass is 255 g/mol. The van der Waals surface area contributed by atoms with Crippen LogP contribution in [0.3, 0.4) is 0 Å². The number of aliphatic hydroxyl groups excluding tert-OH is 1. The quantitative estimate of drug-likeness (QED) is 0.466. The molecule has 0 fully saturated rings. The number of nitrogens with one attached hydrogen (secondary N) is 1. The number of aliphatic hydroxyl groups is 1. The number of halogens is 1. The highest BCUT2D eigenvalue weighted by molar-refractivity contribution is 6.32. The van der Waals surface area contributed by atoms with Gasteiger partial charge in [-0.25, -0.2) is 0 Å². The summed E-state index contributed by atoms with van der Waals surface area (Å²) in [5.74, 6) is 0.580. The van der Waals surface area contributed by atoms with E-state index >= 15 is 0 Å². The lowest BCUT2D eigenvalue weighted by atomic mass is 10.0. The van der Waals surface area contributed by atoms with Crippen LogP contribution in [0.1, 0.15) is 6.42 Å². The van der Waals surface area contributed by atoms with Crippen molar-refractivity contribution in [3.63, 3.8) is 0 Å². The lowest BCUT2D eigenvalue weighted by molar-refractivity contribution is 0.227. The SMILES string of the molecule is Nc1nc(Cl)c(N)c(NC2C=CCC2CO)n1. The first kappa shape index (κ1) is 11.9. The van der Waals surface area contributed by atoms with Gasteiger partial charge in [-0.3, -0.25) is 0 Å². The van der Waals surface area contributed by atoms with Crippen molar-refractivity contribution in [1.82, 2.24) is 9.97 Å². The third-order valence-electron chi connectivity index (χ3n) is 2.74. The fourth-order valence-corrected chi connectivity index (χ4v) is 1.96. The normalized spacial score (nSPS) is 22.9. The topological polar surface area (TPSA) is 110 Å². The summed E-state index contributed by atoms with van der Waals surface area (Å²) in [5, 5.41) is 12.4. The van der Waals surface area contributed by atoms with Gasteiger partial charge in [-0.15, -0.1) is 0 Å². The molecule has 1 heterocycles. The summed E-state index contributed by atoms with van der Waals surface area (Å²) < 4.78 is 0. The number of anilines is 3. The second-order valence-corrected chi connectivity index (χ2v) is 4.27. The van der Waals surface area contributed by atoms with E-state index in [1.807, 2.05) is 12.2 Å². The van der Waals surface area contributed by atoms with Gasteiger partial charge >= 0.3 is 0 Å². The van der Waals surface area contributed by atoms with Crippen LogP contribution in [0.25, 0.3) is 0 Å². The molecule has 2 unspecified atom stereocenters. The zero-order valence-corrected chi connectivity index (χ0v) is 9.85. The highest BCUT2D eigenvalue weighted by Gasteiger charge is 2.23. The Morgan fingerprint density at radius 2 is 2.24 bits per heavy atom. The van der Waals surface area contributed by atoms with Crippen molar-refractivity contribution in [1.29, 1.82) is 0 Å². The molecule has 0 saturated heterocycles. The van der Waals surface area contributed by atoms with Gasteiger partial charge in [-0.1, -0.05) is 23.8 Å². The summed E-state index contributed by atoms with van der Waals surface area (Å²) >= 11 is 5.81. The number of nitrogen functional groups attached to an aromatic ring is 2. The van der Waals surface area contributed by atoms with Crippen LogP contribution in [0.15, 0.2) is 12.2 Å². The first-order valence-electron chi connectivity index (χ1n) is 5.24. The summed E-state index contributed by atoms with van der Waals surface area (Å²) in [4.78, 5) is 7.74. The standard InChI is InChI=1S/C10H14ClN5O/c11-8-7(12)9(16-10(13)15-8)14-6-3-1-2-5(6)4-17/h1,3,5-6,17H,2,4,12H2,(H3,13,14,15,16). The first-order chi connectivity index (χ1) is 8.11. The predicted molar refractivity (Wildman–Crippen MR) is 67.6 cm³/mol. The van der Waals surface area contributed by atoms with Gasteiger partial charge in [0.15, 0.2) is 11.0 Å². The molecule has 0 radical (unpaired) electrons. The average molecular weight is 256 g/mol. The molecule has 7 heteroatoms. The number of nitrogens with zero attached hydrogens (tertiary/aromatic N) is 2. The molecule has 6 nitrogen and oxygen atoms in total. The van der Waals surface area contributed by atoms with E-state index in [0.29, 0.717) is 5.82 Å². The number of hydrogen-bond donors (Lipinski definition) is 4. The van der Waals surface area contributed by atoms with Crippen LogP contribution in [0, 0.1) is 5.92 Å². The van der Waals surface area contributed by atoms with Crippen molar-refractivity contribution in [2.75, 3.05) is 23.4 Å². The lowest BCUT2D eigenvalue weighted by Gasteiger charge is -2.20. The largest absolute Gasteiger partial charge is 0.396 e. The predicted octanol–water partition coefficient (Wildman–Crippen LogP) is 0.643. The minimum absolute atomic E-state index is 0.0207. The van der Waals surface area contributed by atoms with Crippen LogP contribution in [-0.4, -0.2) is 27.7 Å². The van der Waals surface area contributed by atoms with E-state index in [-0.39, 0.29) is 35.4 Å². The molecule has 0 spiro atoms. The molecule has 1 aromatic rings. The molecule has 92 valence electrons. The Labute approximate surface area is 104 Å². The van der Waals surface area contributed by atoms with Crippen molar-refractivity contribution >= 4 is 29.1 Å². The maximum absolute atomic E-state index is 9.20. The number of rotatable bonds is 3. The van der Waals surface area contributed by atoms with Crippen LogP contribution in [-0.2, 0) is 0 Å². The third kappa shape index (κ3) is 2.42. The first-order valence-corrected chi connectivity index (χ1v) is 5.62. The fourth-order valence-electron chi connectivity index (χ4n) is 1.78. The van der Waals surface area contributed by atoms with Crippen molar-refractivity contribution < 1.29 is 5.11 Å². The van der Waals surface area contributed by atoms with Crippen LogP contribution in [0.4, 0.5) is 17.5 Å². The fraction of sp³-hybridized carbons (Fsp3) is 0.400. The van der Waals surface area contributed by atoms with E-state index in [4.69, 9.17) is 23.1 Å². The van der Waals surface area contributed by atoms with Gasteiger partial charge in [0.25, 0.3) is 0 Å². The Hall–Kier alpha value is -1.53. The molecule has 2 atom stereocenters. The zero-order valence-electron chi connectivity index (χ0n) is 9.10. The second kappa shape index (κ2) is 4.77. The highest BCUT2D eigenvalue weighted by atomic mass is 35.5. The molecule has 17 heavy (non-hydrogen) atoms. The molecule has 0 aliphatic heterocycles. The van der Waals surface area contributed by atoms with Crippen molar-refractivity contribution in [3.8, 4) is 0 Å². The van der Waals surface area contributed by atoms with Gasteiger partial charge in [0, 0.05) is 12.5 Å². The van der Waals surface area contributed by atoms with Crippen molar-refractivity contribution in [2.24, 2.45) is 5.92 Å². The van der Waals surface area contributed by atoms with Crippen LogP contribution in [0.2, 0.25) is 5.15 Å². The summed E-state index contributed by atoms with van der Waals surface area (Å²) in [5.41, 5.74) is 11.5. The number of nitrogens with two attached hydrogens (primary N) is 2. The average Bonchev–Trinajstić information content (AvgIpc) is 2.72. The molecule has 1 aromatic heterocycles. The van der Waals surface area contributed by atoms with Gasteiger partial charge in [0.1, 0.15) is 5.69 Å². The number of hydrogen-bond acceptors (Lipinski definition) is 6. The van der Waals surface area contributed by atoms with Crippen LogP contribution < -0.4 is 16.8 Å². The molecule has 0 amide bonds. The van der Waals surface area contributed by atoms with Gasteiger partial charge in [0.2, 0.25) is 5.95 Å². The maximum atomic E-state index is 9.20. The third-order valence-corrected chi connectivity index (χ3v) is 3.03. The van der Waals surface area contributed by atoms with Crippen LogP contribution in [0.5, 0.6) is 0 Å². The van der Waals surface area contributed by atoms with E-state index in [1.54, 1.807) is 0 Å².